The minimum atomic E-state index is -0.959. The molecule has 1 aliphatic heterocycles. The van der Waals surface area contributed by atoms with Crippen LogP contribution in [0.15, 0.2) is 66.5 Å². The van der Waals surface area contributed by atoms with Gasteiger partial charge in [0.05, 0.1) is 41.7 Å². The lowest BCUT2D eigenvalue weighted by molar-refractivity contribution is -0.132. The number of anilines is 1. The normalized spacial score (nSPS) is 16.4. The van der Waals surface area contributed by atoms with E-state index < -0.39 is 17.7 Å². The van der Waals surface area contributed by atoms with Gasteiger partial charge in [0.1, 0.15) is 11.5 Å². The van der Waals surface area contributed by atoms with Crippen LogP contribution in [0.5, 0.6) is 17.2 Å². The van der Waals surface area contributed by atoms with Gasteiger partial charge < -0.3 is 19.3 Å². The van der Waals surface area contributed by atoms with Gasteiger partial charge in [-0.25, -0.2) is 4.98 Å². The molecule has 10 heteroatoms. The molecule has 0 radical (unpaired) electrons. The van der Waals surface area contributed by atoms with E-state index in [1.807, 2.05) is 32.0 Å². The summed E-state index contributed by atoms with van der Waals surface area (Å²) in [5, 5.41) is 11.7. The summed E-state index contributed by atoms with van der Waals surface area (Å²) >= 11 is 1.27. The number of ether oxygens (including phenoxy) is 3. The van der Waals surface area contributed by atoms with Gasteiger partial charge in [-0.05, 0) is 68.3 Å². The maximum atomic E-state index is 13.6. The van der Waals surface area contributed by atoms with E-state index in [4.69, 9.17) is 19.2 Å². The average molecular weight is 574 g/mol. The second kappa shape index (κ2) is 12.4. The predicted octanol–water partition coefficient (Wildman–Crippen LogP) is 6.29. The monoisotopic (exact) mass is 573 g/mol. The van der Waals surface area contributed by atoms with E-state index in [-0.39, 0.29) is 11.3 Å². The number of hydrogen-bond acceptors (Lipinski definition) is 9. The largest absolute Gasteiger partial charge is 0.507 e. The minimum Gasteiger partial charge on any atom is -0.507 e. The predicted molar refractivity (Wildman–Crippen MR) is 158 cm³/mol. The van der Waals surface area contributed by atoms with Crippen molar-refractivity contribution in [3.8, 4) is 17.2 Å². The first kappa shape index (κ1) is 28.1. The van der Waals surface area contributed by atoms with Gasteiger partial charge in [0.25, 0.3) is 5.78 Å². The molecule has 2 aromatic heterocycles. The van der Waals surface area contributed by atoms with Crippen molar-refractivity contribution in [2.75, 3.05) is 24.7 Å². The first-order chi connectivity index (χ1) is 20.0. The number of carbonyl (C=O) groups is 2. The summed E-state index contributed by atoms with van der Waals surface area (Å²) in [6.45, 7) is 7.30. The minimum absolute atomic E-state index is 0.0439. The molecule has 212 valence electrons. The van der Waals surface area contributed by atoms with Gasteiger partial charge in [0, 0.05) is 18.0 Å². The van der Waals surface area contributed by atoms with Gasteiger partial charge in [0.2, 0.25) is 0 Å². The van der Waals surface area contributed by atoms with Gasteiger partial charge in [-0.15, -0.1) is 0 Å². The number of benzene rings is 2. The fourth-order valence-corrected chi connectivity index (χ4v) is 5.69. The fourth-order valence-electron chi connectivity index (χ4n) is 4.67. The number of Topliss-reactive ketones (excluding diaryl/α,β-unsaturated/α-hetero) is 1. The standard InChI is InChI=1S/C31H31N3O6S/c1-4-7-16-40-23-11-8-20(17-24(23)39-6-3)27-26(28(35)19-12-14-32-15-13-19)29(36)30(37)34(27)31-33-22-10-9-21(38-5-2)18-25(22)41-31/h8-15,17-18,27,35H,4-7,16H2,1-3H3. The number of ketones is 1. The summed E-state index contributed by atoms with van der Waals surface area (Å²) in [6.07, 6.45) is 4.90. The summed E-state index contributed by atoms with van der Waals surface area (Å²) in [6, 6.07) is 13.0. The maximum absolute atomic E-state index is 13.6. The van der Waals surface area contributed by atoms with E-state index in [1.165, 1.54) is 28.6 Å². The average Bonchev–Trinajstić information content (AvgIpc) is 3.52. The number of aromatic nitrogens is 2. The summed E-state index contributed by atoms with van der Waals surface area (Å²) in [5.41, 5.74) is 1.56. The lowest BCUT2D eigenvalue weighted by Gasteiger charge is -2.24. The zero-order chi connectivity index (χ0) is 28.9. The molecule has 0 bridgehead atoms. The van der Waals surface area contributed by atoms with Gasteiger partial charge in [-0.1, -0.05) is 30.7 Å². The number of rotatable bonds is 11. The molecule has 1 saturated heterocycles. The number of hydrogen-bond donors (Lipinski definition) is 1. The van der Waals surface area contributed by atoms with E-state index in [1.54, 1.807) is 30.3 Å². The van der Waals surface area contributed by atoms with E-state index in [9.17, 15) is 14.7 Å². The van der Waals surface area contributed by atoms with Crippen LogP contribution in [0.4, 0.5) is 5.13 Å². The van der Waals surface area contributed by atoms with Crippen LogP contribution >= 0.6 is 11.3 Å². The number of carbonyl (C=O) groups excluding carboxylic acids is 2. The van der Waals surface area contributed by atoms with Crippen LogP contribution < -0.4 is 19.1 Å². The third-order valence-corrected chi connectivity index (χ3v) is 7.62. The zero-order valence-corrected chi connectivity index (χ0v) is 23.9. The molecule has 1 aliphatic rings. The van der Waals surface area contributed by atoms with Crippen molar-refractivity contribution < 1.29 is 28.9 Å². The first-order valence-corrected chi connectivity index (χ1v) is 14.4. The molecule has 0 aliphatic carbocycles. The van der Waals surface area contributed by atoms with Crippen LogP contribution in [0.1, 0.15) is 50.8 Å². The molecule has 9 nitrogen and oxygen atoms in total. The summed E-state index contributed by atoms with van der Waals surface area (Å²) in [4.78, 5) is 37.3. The Labute approximate surface area is 242 Å². The second-order valence-corrected chi connectivity index (χ2v) is 10.3. The fraction of sp³-hybridized carbons (Fsp3) is 0.290. The molecule has 4 aromatic rings. The number of pyridine rings is 1. The van der Waals surface area contributed by atoms with Gasteiger partial charge in [0.15, 0.2) is 16.6 Å². The topological polar surface area (TPSA) is 111 Å². The van der Waals surface area contributed by atoms with E-state index >= 15 is 0 Å². The molecule has 3 heterocycles. The second-order valence-electron chi connectivity index (χ2n) is 9.31. The van der Waals surface area contributed by atoms with Crippen molar-refractivity contribution >= 4 is 44.1 Å². The van der Waals surface area contributed by atoms with Crippen LogP contribution in [0.25, 0.3) is 16.0 Å². The Bertz CT molecular complexity index is 1600. The Hall–Kier alpha value is -4.44. The highest BCUT2D eigenvalue weighted by Gasteiger charge is 2.48. The van der Waals surface area contributed by atoms with Crippen molar-refractivity contribution in [3.63, 3.8) is 0 Å². The Morgan fingerprint density at radius 2 is 1.73 bits per heavy atom. The van der Waals surface area contributed by atoms with Gasteiger partial charge >= 0.3 is 5.91 Å². The number of aliphatic hydroxyl groups excluding tert-OH is 1. The van der Waals surface area contributed by atoms with Crippen LogP contribution in [0.2, 0.25) is 0 Å². The number of unbranched alkanes of at least 4 members (excludes halogenated alkanes) is 1. The molecule has 41 heavy (non-hydrogen) atoms. The first-order valence-electron chi connectivity index (χ1n) is 13.6. The SMILES string of the molecule is CCCCOc1ccc(C2C(=C(O)c3ccncc3)C(=O)C(=O)N2c2nc3ccc(OCC)cc3s2)cc1OCC. The Morgan fingerprint density at radius 1 is 0.951 bits per heavy atom. The Balaban J connectivity index is 1.67. The summed E-state index contributed by atoms with van der Waals surface area (Å²) in [7, 11) is 0. The number of nitrogens with zero attached hydrogens (tertiary/aromatic N) is 3. The highest BCUT2D eigenvalue weighted by Crippen LogP contribution is 2.46. The Kier molecular flexibility index (Phi) is 8.49. The molecular formula is C31H31N3O6S. The molecule has 5 rings (SSSR count). The third kappa shape index (κ3) is 5.60. The van der Waals surface area contributed by atoms with E-state index in [0.29, 0.717) is 58.8 Å². The molecule has 1 atom stereocenters. The van der Waals surface area contributed by atoms with E-state index in [2.05, 4.69) is 11.9 Å². The van der Waals surface area contributed by atoms with Gasteiger partial charge in [-0.2, -0.15) is 0 Å². The molecule has 1 amide bonds. The molecule has 0 saturated carbocycles. The molecule has 1 fully saturated rings. The quantitative estimate of drug-likeness (QED) is 0.0964. The van der Waals surface area contributed by atoms with Crippen LogP contribution in [0.3, 0.4) is 0 Å². The van der Waals surface area contributed by atoms with Crippen molar-refractivity contribution in [1.82, 2.24) is 9.97 Å². The van der Waals surface area contributed by atoms with Crippen LogP contribution in [0, 0.1) is 0 Å². The molecule has 1 N–H and O–H groups in total. The lowest BCUT2D eigenvalue weighted by atomic mass is 9.95. The smallest absolute Gasteiger partial charge is 0.301 e. The number of fused-ring (bicyclic) bond motifs is 1. The maximum Gasteiger partial charge on any atom is 0.301 e. The zero-order valence-electron chi connectivity index (χ0n) is 23.1. The highest BCUT2D eigenvalue weighted by atomic mass is 32.1. The summed E-state index contributed by atoms with van der Waals surface area (Å²) in [5.74, 6) is -0.138. The van der Waals surface area contributed by atoms with Crippen molar-refractivity contribution in [3.05, 3.63) is 77.6 Å². The van der Waals surface area contributed by atoms with Crippen LogP contribution in [-0.2, 0) is 9.59 Å². The van der Waals surface area contributed by atoms with Crippen molar-refractivity contribution in [2.24, 2.45) is 0 Å². The Morgan fingerprint density at radius 3 is 2.46 bits per heavy atom. The number of thiazole rings is 1. The lowest BCUT2D eigenvalue weighted by Crippen LogP contribution is -2.29. The van der Waals surface area contributed by atoms with E-state index in [0.717, 1.165) is 17.5 Å². The summed E-state index contributed by atoms with van der Waals surface area (Å²) < 4.78 is 18.3. The molecule has 1 unspecified atom stereocenters. The van der Waals surface area contributed by atoms with Gasteiger partial charge in [-0.3, -0.25) is 19.5 Å². The third-order valence-electron chi connectivity index (χ3n) is 6.60. The molecule has 0 spiro atoms. The number of aliphatic hydroxyl groups is 1. The van der Waals surface area contributed by atoms with Crippen molar-refractivity contribution in [2.45, 2.75) is 39.7 Å². The highest BCUT2D eigenvalue weighted by molar-refractivity contribution is 7.22. The van der Waals surface area contributed by atoms with Crippen LogP contribution in [-0.4, -0.2) is 46.6 Å². The molecular weight excluding hydrogens is 542 g/mol. The van der Waals surface area contributed by atoms with Crippen molar-refractivity contribution in [1.29, 1.82) is 0 Å². The number of amides is 1. The molecule has 2 aromatic carbocycles.